The molecule has 3 unspecified atom stereocenters. The van der Waals surface area contributed by atoms with Crippen LogP contribution < -0.4 is 10.9 Å². The molecule has 5 rings (SSSR count). The number of hydrogen-bond acceptors (Lipinski definition) is 6. The van der Waals surface area contributed by atoms with Gasteiger partial charge in [0, 0.05) is 35.0 Å². The van der Waals surface area contributed by atoms with Crippen molar-refractivity contribution in [3.63, 3.8) is 0 Å². The van der Waals surface area contributed by atoms with Crippen LogP contribution in [0.4, 0.5) is 10.1 Å². The van der Waals surface area contributed by atoms with Gasteiger partial charge in [-0.2, -0.15) is 0 Å². The highest BCUT2D eigenvalue weighted by atomic mass is 35.5. The topological polar surface area (TPSA) is 95.9 Å². The fraction of sp³-hybridized carbons (Fsp3) is 0.345. The molecule has 0 aliphatic carbocycles. The Kier molecular flexibility index (Phi) is 8.23. The molecule has 3 aromatic rings. The Balaban J connectivity index is 1.55. The molecule has 1 amide bonds. The largest absolute Gasteiger partial charge is 0.376 e. The predicted octanol–water partition coefficient (Wildman–Crippen LogP) is 4.57. The Hall–Kier alpha value is -3.37. The zero-order valence-electron chi connectivity index (χ0n) is 21.3. The number of ether oxygens (including phenoxy) is 3. The minimum Gasteiger partial charge on any atom is -0.376 e. The van der Waals surface area contributed by atoms with E-state index in [1.165, 1.54) is 22.8 Å². The molecule has 1 aromatic heterocycles. The van der Waals surface area contributed by atoms with E-state index in [0.717, 1.165) is 22.8 Å². The quantitative estimate of drug-likeness (QED) is 0.449. The maximum atomic E-state index is 14.2. The molecule has 0 saturated carbocycles. The van der Waals surface area contributed by atoms with Crippen LogP contribution in [0.1, 0.15) is 40.9 Å². The lowest BCUT2D eigenvalue weighted by Gasteiger charge is -2.29. The number of carbonyl (C=O) groups is 2. The van der Waals surface area contributed by atoms with Crippen LogP contribution in [0.15, 0.2) is 53.5 Å². The first kappa shape index (κ1) is 27.2. The molecular formula is C29H28ClFN2O6. The van der Waals surface area contributed by atoms with Crippen molar-refractivity contribution in [3.8, 4) is 11.1 Å². The summed E-state index contributed by atoms with van der Waals surface area (Å²) in [6.45, 7) is 3.31. The van der Waals surface area contributed by atoms with Gasteiger partial charge in [-0.25, -0.2) is 4.39 Å². The van der Waals surface area contributed by atoms with Crippen molar-refractivity contribution in [2.24, 2.45) is 0 Å². The molecule has 3 atom stereocenters. The van der Waals surface area contributed by atoms with E-state index >= 15 is 0 Å². The molecule has 2 aromatic carbocycles. The summed E-state index contributed by atoms with van der Waals surface area (Å²) in [5, 5.41) is 3.24. The molecule has 8 nitrogen and oxygen atoms in total. The average molecular weight is 555 g/mol. The smallest absolute Gasteiger partial charge is 0.251 e. The fourth-order valence-electron chi connectivity index (χ4n) is 4.97. The molecule has 0 bridgehead atoms. The summed E-state index contributed by atoms with van der Waals surface area (Å²) >= 11 is 6.31. The molecule has 2 aliphatic heterocycles. The third-order valence-electron chi connectivity index (χ3n) is 6.96. The van der Waals surface area contributed by atoms with E-state index < -0.39 is 29.4 Å². The second-order valence-corrected chi connectivity index (χ2v) is 10.2. The van der Waals surface area contributed by atoms with Gasteiger partial charge in [-0.3, -0.25) is 14.4 Å². The number of aromatic nitrogens is 1. The van der Waals surface area contributed by atoms with Crippen molar-refractivity contribution < 1.29 is 28.2 Å². The van der Waals surface area contributed by atoms with Crippen molar-refractivity contribution >= 4 is 29.5 Å². The number of pyridine rings is 1. The minimum atomic E-state index is -0.995. The third kappa shape index (κ3) is 6.12. The SMILES string of the molecule is CC1Cc2ccc(Cl)cc2-c2cc(=O)n(C(CC3COCCO3)C(=O)Nc3ccc(C=O)c(F)c3)cc2CO1. The van der Waals surface area contributed by atoms with Crippen molar-refractivity contribution in [2.75, 3.05) is 25.1 Å². The van der Waals surface area contributed by atoms with E-state index in [4.69, 9.17) is 25.8 Å². The van der Waals surface area contributed by atoms with E-state index in [1.54, 1.807) is 6.20 Å². The predicted molar refractivity (Wildman–Crippen MR) is 144 cm³/mol. The number of amides is 1. The number of aldehydes is 1. The molecule has 39 heavy (non-hydrogen) atoms. The number of nitrogens with one attached hydrogen (secondary N) is 1. The molecule has 10 heteroatoms. The summed E-state index contributed by atoms with van der Waals surface area (Å²) in [6.07, 6.45) is 2.36. The van der Waals surface area contributed by atoms with Gasteiger partial charge >= 0.3 is 0 Å². The highest BCUT2D eigenvalue weighted by Gasteiger charge is 2.29. The molecule has 2 aliphatic rings. The van der Waals surface area contributed by atoms with Gasteiger partial charge in [-0.1, -0.05) is 17.7 Å². The fourth-order valence-corrected chi connectivity index (χ4v) is 5.15. The van der Waals surface area contributed by atoms with Gasteiger partial charge in [0.05, 0.1) is 44.2 Å². The number of hydrogen-bond donors (Lipinski definition) is 1. The van der Waals surface area contributed by atoms with Crippen LogP contribution in [-0.4, -0.2) is 48.8 Å². The summed E-state index contributed by atoms with van der Waals surface area (Å²) < 4.78 is 32.9. The summed E-state index contributed by atoms with van der Waals surface area (Å²) in [7, 11) is 0. The van der Waals surface area contributed by atoms with Crippen LogP contribution in [0.2, 0.25) is 5.02 Å². The Labute approximate surface area is 229 Å². The van der Waals surface area contributed by atoms with Gasteiger partial charge in [-0.05, 0) is 60.4 Å². The Morgan fingerprint density at radius 2 is 1.97 bits per heavy atom. The molecule has 0 radical (unpaired) electrons. The Morgan fingerprint density at radius 1 is 1.15 bits per heavy atom. The number of halogens is 2. The Bertz CT molecular complexity index is 1450. The van der Waals surface area contributed by atoms with Crippen LogP contribution in [0.25, 0.3) is 11.1 Å². The lowest BCUT2D eigenvalue weighted by Crippen LogP contribution is -2.39. The van der Waals surface area contributed by atoms with Crippen molar-refractivity contribution in [1.82, 2.24) is 4.57 Å². The van der Waals surface area contributed by atoms with Gasteiger partial charge in [-0.15, -0.1) is 0 Å². The number of anilines is 1. The number of rotatable bonds is 6. The Morgan fingerprint density at radius 3 is 2.72 bits per heavy atom. The van der Waals surface area contributed by atoms with E-state index in [-0.39, 0.29) is 37.0 Å². The van der Waals surface area contributed by atoms with Gasteiger partial charge in [0.25, 0.3) is 5.56 Å². The average Bonchev–Trinajstić information content (AvgIpc) is 2.92. The minimum absolute atomic E-state index is 0.0745. The zero-order valence-corrected chi connectivity index (χ0v) is 22.1. The summed E-state index contributed by atoms with van der Waals surface area (Å²) in [4.78, 5) is 38.1. The molecule has 1 N–H and O–H groups in total. The number of fused-ring (bicyclic) bond motifs is 3. The lowest BCUT2D eigenvalue weighted by atomic mass is 9.92. The standard InChI is InChI=1S/C29H28ClFN2O6/c1-17-8-18-2-4-21(30)9-24(18)25-12-28(35)33(13-20(25)15-39-17)27(11-23-16-37-6-7-38-23)29(36)32-22-5-3-19(14-34)26(31)10-22/h2-5,9-10,12-14,17,23,27H,6-8,11,15-16H2,1H3,(H,32,36). The van der Waals surface area contributed by atoms with E-state index in [2.05, 4.69) is 5.32 Å². The monoisotopic (exact) mass is 554 g/mol. The first-order chi connectivity index (χ1) is 18.8. The third-order valence-corrected chi connectivity index (χ3v) is 7.20. The van der Waals surface area contributed by atoms with Crippen molar-refractivity contribution in [1.29, 1.82) is 0 Å². The van der Waals surface area contributed by atoms with Gasteiger partial charge < -0.3 is 24.1 Å². The van der Waals surface area contributed by atoms with Crippen LogP contribution >= 0.6 is 11.6 Å². The maximum absolute atomic E-state index is 14.2. The number of nitrogens with zero attached hydrogens (tertiary/aromatic N) is 1. The first-order valence-electron chi connectivity index (χ1n) is 12.7. The summed E-state index contributed by atoms with van der Waals surface area (Å²) in [6, 6.07) is 9.87. The molecule has 1 fully saturated rings. The summed E-state index contributed by atoms with van der Waals surface area (Å²) in [5.41, 5.74) is 2.93. The molecular weight excluding hydrogens is 527 g/mol. The normalized spacial score (nSPS) is 19.7. The molecule has 0 spiro atoms. The van der Waals surface area contributed by atoms with Gasteiger partial charge in [0.1, 0.15) is 11.9 Å². The highest BCUT2D eigenvalue weighted by Crippen LogP contribution is 2.33. The van der Waals surface area contributed by atoms with E-state index in [9.17, 15) is 18.8 Å². The van der Waals surface area contributed by atoms with Crippen LogP contribution in [0.5, 0.6) is 0 Å². The second-order valence-electron chi connectivity index (χ2n) is 9.75. The molecule has 1 saturated heterocycles. The van der Waals surface area contributed by atoms with E-state index in [1.807, 2.05) is 25.1 Å². The highest BCUT2D eigenvalue weighted by molar-refractivity contribution is 6.30. The maximum Gasteiger partial charge on any atom is 0.251 e. The van der Waals surface area contributed by atoms with E-state index in [0.29, 0.717) is 36.5 Å². The van der Waals surface area contributed by atoms with Crippen LogP contribution in [0.3, 0.4) is 0 Å². The van der Waals surface area contributed by atoms with Gasteiger partial charge in [0.2, 0.25) is 5.91 Å². The first-order valence-corrected chi connectivity index (χ1v) is 13.1. The molecule has 3 heterocycles. The lowest BCUT2D eigenvalue weighted by molar-refractivity contribution is -0.124. The second kappa shape index (κ2) is 11.8. The van der Waals surface area contributed by atoms with Crippen molar-refractivity contribution in [2.45, 2.75) is 44.6 Å². The summed E-state index contributed by atoms with van der Waals surface area (Å²) in [5.74, 6) is -1.29. The van der Waals surface area contributed by atoms with Gasteiger partial charge in [0.15, 0.2) is 6.29 Å². The van der Waals surface area contributed by atoms with Crippen molar-refractivity contribution in [3.05, 3.63) is 86.5 Å². The number of carbonyl (C=O) groups excluding carboxylic acids is 2. The number of benzene rings is 2. The molecule has 204 valence electrons. The van der Waals surface area contributed by atoms with Crippen LogP contribution in [0, 0.1) is 5.82 Å². The zero-order chi connectivity index (χ0) is 27.5. The van der Waals surface area contributed by atoms with Crippen LogP contribution in [-0.2, 0) is 32.0 Å².